The third kappa shape index (κ3) is 2.67. The molecule has 2 aliphatic heterocycles. The molecule has 0 spiro atoms. The molecule has 1 fully saturated rings. The zero-order valence-electron chi connectivity index (χ0n) is 12.3. The Morgan fingerprint density at radius 1 is 1.05 bits per heavy atom. The number of hydrogen-bond acceptors (Lipinski definition) is 5. The molecule has 0 unspecified atom stereocenters. The fourth-order valence-corrected chi connectivity index (χ4v) is 3.97. The van der Waals surface area contributed by atoms with Crippen LogP contribution in [0, 0.1) is 0 Å². The fourth-order valence-electron chi connectivity index (χ4n) is 2.84. The van der Waals surface area contributed by atoms with Gasteiger partial charge in [-0.15, -0.1) is 0 Å². The maximum Gasteiger partial charge on any atom is 0.0885 e. The molecular formula is C17H19N3OS. The first-order valence-electron chi connectivity index (χ1n) is 7.64. The molecular weight excluding hydrogens is 294 g/mol. The number of morpholine rings is 1. The van der Waals surface area contributed by atoms with Gasteiger partial charge in [-0.25, -0.2) is 0 Å². The standard InChI is InChI=1S/C17H19N3OS/c1-2-6-14(7-3-1)20-17-9-5-4-8-16(17)19(22-20)13-15-12-18-10-11-21-15/h1-9,15,18H,10-13H2/t15-/m1/s1. The second-order valence-electron chi connectivity index (χ2n) is 5.46. The zero-order valence-corrected chi connectivity index (χ0v) is 13.1. The minimum Gasteiger partial charge on any atom is -0.374 e. The molecule has 0 aliphatic carbocycles. The molecule has 114 valence electrons. The van der Waals surface area contributed by atoms with Crippen LogP contribution in [0.2, 0.25) is 0 Å². The van der Waals surface area contributed by atoms with Gasteiger partial charge in [0, 0.05) is 13.1 Å². The van der Waals surface area contributed by atoms with E-state index in [1.807, 2.05) is 0 Å². The van der Waals surface area contributed by atoms with Gasteiger partial charge in [-0.1, -0.05) is 30.3 Å². The molecule has 5 heteroatoms. The lowest BCUT2D eigenvalue weighted by Gasteiger charge is -2.28. The molecule has 4 rings (SSSR count). The van der Waals surface area contributed by atoms with Gasteiger partial charge >= 0.3 is 0 Å². The Labute approximate surface area is 135 Å². The van der Waals surface area contributed by atoms with Crippen molar-refractivity contribution in [2.24, 2.45) is 0 Å². The summed E-state index contributed by atoms with van der Waals surface area (Å²) in [5, 5.41) is 3.40. The van der Waals surface area contributed by atoms with Gasteiger partial charge in [-0.3, -0.25) is 8.61 Å². The Morgan fingerprint density at radius 2 is 1.82 bits per heavy atom. The average molecular weight is 313 g/mol. The molecule has 2 aromatic carbocycles. The van der Waals surface area contributed by atoms with Gasteiger partial charge in [-0.05, 0) is 24.3 Å². The third-order valence-corrected chi connectivity index (χ3v) is 5.03. The first-order chi connectivity index (χ1) is 10.9. The first-order valence-corrected chi connectivity index (χ1v) is 8.37. The quantitative estimate of drug-likeness (QED) is 0.879. The van der Waals surface area contributed by atoms with Crippen LogP contribution in [0.1, 0.15) is 0 Å². The van der Waals surface area contributed by atoms with Crippen molar-refractivity contribution in [3.63, 3.8) is 0 Å². The number of ether oxygens (including phenoxy) is 1. The van der Waals surface area contributed by atoms with Crippen molar-refractivity contribution in [2.45, 2.75) is 6.10 Å². The molecule has 1 N–H and O–H groups in total. The van der Waals surface area contributed by atoms with E-state index in [9.17, 15) is 0 Å². The van der Waals surface area contributed by atoms with Gasteiger partial charge in [0.05, 0.1) is 48.5 Å². The smallest absolute Gasteiger partial charge is 0.0885 e. The highest BCUT2D eigenvalue weighted by atomic mass is 32.2. The fraction of sp³-hybridized carbons (Fsp3) is 0.294. The van der Waals surface area contributed by atoms with Crippen LogP contribution in [0.5, 0.6) is 0 Å². The molecule has 0 aromatic heterocycles. The van der Waals surface area contributed by atoms with Gasteiger partial charge in [0.2, 0.25) is 0 Å². The van der Waals surface area contributed by atoms with E-state index < -0.39 is 0 Å². The molecule has 0 amide bonds. The van der Waals surface area contributed by atoms with E-state index in [1.54, 1.807) is 12.1 Å². The highest BCUT2D eigenvalue weighted by Crippen LogP contribution is 2.48. The largest absolute Gasteiger partial charge is 0.374 e. The van der Waals surface area contributed by atoms with Crippen molar-refractivity contribution in [3.05, 3.63) is 54.6 Å². The summed E-state index contributed by atoms with van der Waals surface area (Å²) in [6, 6.07) is 19.0. The minimum absolute atomic E-state index is 0.241. The van der Waals surface area contributed by atoms with E-state index >= 15 is 0 Å². The van der Waals surface area contributed by atoms with E-state index in [1.165, 1.54) is 17.1 Å². The SMILES string of the molecule is c1ccc(N2SN(C[C@H]3CNCCO3)c3ccccc32)cc1. The predicted octanol–water partition coefficient (Wildman–Crippen LogP) is 3.20. The number of nitrogens with one attached hydrogen (secondary N) is 1. The van der Waals surface area contributed by atoms with Crippen LogP contribution in [0.3, 0.4) is 0 Å². The maximum absolute atomic E-state index is 5.86. The molecule has 1 saturated heterocycles. The van der Waals surface area contributed by atoms with E-state index in [4.69, 9.17) is 4.74 Å². The lowest BCUT2D eigenvalue weighted by molar-refractivity contribution is 0.0356. The van der Waals surface area contributed by atoms with Crippen molar-refractivity contribution in [3.8, 4) is 0 Å². The van der Waals surface area contributed by atoms with Gasteiger partial charge in [-0.2, -0.15) is 0 Å². The van der Waals surface area contributed by atoms with Gasteiger partial charge < -0.3 is 10.1 Å². The normalized spacial score (nSPS) is 21.0. The second-order valence-corrected chi connectivity index (χ2v) is 6.43. The maximum atomic E-state index is 5.86. The average Bonchev–Trinajstić information content (AvgIpc) is 2.96. The Bertz CT molecular complexity index is 631. The molecule has 2 aromatic rings. The summed E-state index contributed by atoms with van der Waals surface area (Å²) in [5.41, 5.74) is 3.69. The van der Waals surface area contributed by atoms with Gasteiger partial charge in [0.25, 0.3) is 0 Å². The number of para-hydroxylation sites is 3. The molecule has 22 heavy (non-hydrogen) atoms. The summed E-state index contributed by atoms with van der Waals surface area (Å²) in [6.45, 7) is 3.56. The van der Waals surface area contributed by atoms with Crippen molar-refractivity contribution in [1.82, 2.24) is 5.32 Å². The highest BCUT2D eigenvalue weighted by molar-refractivity contribution is 8.02. The molecule has 4 nitrogen and oxygen atoms in total. The first kappa shape index (κ1) is 13.9. The molecule has 2 heterocycles. The van der Waals surface area contributed by atoms with Crippen LogP contribution in [-0.2, 0) is 4.74 Å². The number of fused-ring (bicyclic) bond motifs is 1. The monoisotopic (exact) mass is 313 g/mol. The summed E-state index contributed by atoms with van der Waals surface area (Å²) in [7, 11) is 0. The van der Waals surface area contributed by atoms with E-state index in [-0.39, 0.29) is 6.10 Å². The molecule has 2 aliphatic rings. The van der Waals surface area contributed by atoms with E-state index in [2.05, 4.69) is 68.5 Å². The summed E-state index contributed by atoms with van der Waals surface area (Å²) in [6.07, 6.45) is 0.241. The summed E-state index contributed by atoms with van der Waals surface area (Å²) in [4.78, 5) is 0. The number of anilines is 3. The molecule has 0 bridgehead atoms. The summed E-state index contributed by atoms with van der Waals surface area (Å²) < 4.78 is 10.5. The number of hydrogen-bond donors (Lipinski definition) is 1. The van der Waals surface area contributed by atoms with Crippen molar-refractivity contribution in [1.29, 1.82) is 0 Å². The lowest BCUT2D eigenvalue weighted by Crippen LogP contribution is -2.43. The zero-order chi connectivity index (χ0) is 14.8. The Kier molecular flexibility index (Phi) is 3.93. The van der Waals surface area contributed by atoms with Crippen LogP contribution in [0.4, 0.5) is 17.1 Å². The Balaban J connectivity index is 1.59. The number of nitrogens with zero attached hydrogens (tertiary/aromatic N) is 2. The highest BCUT2D eigenvalue weighted by Gasteiger charge is 2.30. The summed E-state index contributed by atoms with van der Waals surface area (Å²) in [5.74, 6) is 0. The van der Waals surface area contributed by atoms with Crippen LogP contribution in [0.15, 0.2) is 54.6 Å². The van der Waals surface area contributed by atoms with Crippen LogP contribution < -0.4 is 13.9 Å². The van der Waals surface area contributed by atoms with Gasteiger partial charge in [0.15, 0.2) is 0 Å². The summed E-state index contributed by atoms with van der Waals surface area (Å²) >= 11 is 1.75. The van der Waals surface area contributed by atoms with Crippen molar-refractivity contribution in [2.75, 3.05) is 34.9 Å². The third-order valence-electron chi connectivity index (χ3n) is 3.91. The van der Waals surface area contributed by atoms with Crippen LogP contribution >= 0.6 is 12.1 Å². The molecule has 0 saturated carbocycles. The van der Waals surface area contributed by atoms with Crippen molar-refractivity contribution < 1.29 is 4.74 Å². The van der Waals surface area contributed by atoms with E-state index in [0.717, 1.165) is 26.2 Å². The predicted molar refractivity (Wildman–Crippen MR) is 92.6 cm³/mol. The molecule has 0 radical (unpaired) electrons. The van der Waals surface area contributed by atoms with Crippen LogP contribution in [-0.4, -0.2) is 32.3 Å². The second kappa shape index (κ2) is 6.20. The molecule has 1 atom stereocenters. The van der Waals surface area contributed by atoms with Crippen LogP contribution in [0.25, 0.3) is 0 Å². The number of benzene rings is 2. The van der Waals surface area contributed by atoms with Gasteiger partial charge in [0.1, 0.15) is 0 Å². The minimum atomic E-state index is 0.241. The number of rotatable bonds is 3. The lowest BCUT2D eigenvalue weighted by atomic mass is 10.2. The van der Waals surface area contributed by atoms with Crippen molar-refractivity contribution >= 4 is 29.2 Å². The Hall–Kier alpha value is -1.69. The van der Waals surface area contributed by atoms with E-state index in [0.29, 0.717) is 0 Å². The topological polar surface area (TPSA) is 27.7 Å². The Morgan fingerprint density at radius 3 is 2.59 bits per heavy atom.